The average Bonchev–Trinajstić information content (AvgIpc) is 2.64. The van der Waals surface area contributed by atoms with E-state index in [2.05, 4.69) is 5.10 Å². The molecule has 0 saturated heterocycles. The molecule has 88 valence electrons. The highest BCUT2D eigenvalue weighted by atomic mass is 16.4. The molecule has 0 radical (unpaired) electrons. The van der Waals surface area contributed by atoms with E-state index in [0.717, 1.165) is 0 Å². The second-order valence-corrected chi connectivity index (χ2v) is 3.80. The Hall–Kier alpha value is -1.85. The summed E-state index contributed by atoms with van der Waals surface area (Å²) < 4.78 is 1.32. The van der Waals surface area contributed by atoms with Crippen LogP contribution in [-0.2, 0) is 11.3 Å². The zero-order valence-electron chi connectivity index (χ0n) is 9.54. The highest BCUT2D eigenvalue weighted by Gasteiger charge is 2.14. The molecule has 1 rings (SSSR count). The summed E-state index contributed by atoms with van der Waals surface area (Å²) in [5.41, 5.74) is -0.0556. The van der Waals surface area contributed by atoms with Gasteiger partial charge < -0.3 is 10.0 Å². The fourth-order valence-corrected chi connectivity index (χ4v) is 1.10. The van der Waals surface area contributed by atoms with Crippen LogP contribution in [0.3, 0.4) is 0 Å². The number of hydrogen-bond acceptors (Lipinski definition) is 3. The lowest BCUT2D eigenvalue weighted by Gasteiger charge is -2.21. The number of carboxylic acid groups (broad SMARTS) is 1. The second kappa shape index (κ2) is 4.78. The number of aromatic nitrogens is 2. The molecule has 1 aromatic heterocycles. The molecule has 0 bridgehead atoms. The van der Waals surface area contributed by atoms with E-state index in [9.17, 15) is 9.59 Å². The van der Waals surface area contributed by atoms with E-state index in [4.69, 9.17) is 5.11 Å². The van der Waals surface area contributed by atoms with Crippen LogP contribution in [0.2, 0.25) is 0 Å². The SMILES string of the molecule is CC(C)N(C)C(=O)Cn1ccc(C(=O)O)n1. The van der Waals surface area contributed by atoms with Gasteiger partial charge in [-0.05, 0) is 19.9 Å². The van der Waals surface area contributed by atoms with Crippen molar-refractivity contribution in [2.24, 2.45) is 0 Å². The van der Waals surface area contributed by atoms with Crippen LogP contribution in [-0.4, -0.2) is 44.8 Å². The van der Waals surface area contributed by atoms with Gasteiger partial charge >= 0.3 is 5.97 Å². The highest BCUT2D eigenvalue weighted by Crippen LogP contribution is 1.99. The molecule has 16 heavy (non-hydrogen) atoms. The van der Waals surface area contributed by atoms with Crippen molar-refractivity contribution in [1.29, 1.82) is 0 Å². The maximum Gasteiger partial charge on any atom is 0.356 e. The number of aromatic carboxylic acids is 1. The van der Waals surface area contributed by atoms with Crippen LogP contribution in [0.15, 0.2) is 12.3 Å². The van der Waals surface area contributed by atoms with E-state index in [0.29, 0.717) is 0 Å². The summed E-state index contributed by atoms with van der Waals surface area (Å²) in [5, 5.41) is 12.4. The number of hydrogen-bond donors (Lipinski definition) is 1. The van der Waals surface area contributed by atoms with Crippen LogP contribution < -0.4 is 0 Å². The third-order valence-electron chi connectivity index (χ3n) is 2.33. The van der Waals surface area contributed by atoms with Crippen LogP contribution in [0.25, 0.3) is 0 Å². The zero-order valence-corrected chi connectivity index (χ0v) is 9.54. The largest absolute Gasteiger partial charge is 0.476 e. The monoisotopic (exact) mass is 225 g/mol. The molecule has 6 heteroatoms. The summed E-state index contributed by atoms with van der Waals surface area (Å²) in [6, 6.07) is 1.48. The van der Waals surface area contributed by atoms with Crippen molar-refractivity contribution < 1.29 is 14.7 Å². The third kappa shape index (κ3) is 2.82. The van der Waals surface area contributed by atoms with Gasteiger partial charge in [0.1, 0.15) is 6.54 Å². The van der Waals surface area contributed by atoms with Gasteiger partial charge in [-0.25, -0.2) is 4.79 Å². The first-order chi connectivity index (χ1) is 7.41. The normalized spacial score (nSPS) is 10.5. The molecule has 0 unspecified atom stereocenters. The molecule has 1 heterocycles. The topological polar surface area (TPSA) is 75.4 Å². The van der Waals surface area contributed by atoms with Crippen molar-refractivity contribution in [3.05, 3.63) is 18.0 Å². The molecule has 0 atom stereocenters. The maximum atomic E-state index is 11.7. The molecule has 6 nitrogen and oxygen atoms in total. The van der Waals surface area contributed by atoms with Crippen molar-refractivity contribution >= 4 is 11.9 Å². The Morgan fingerprint density at radius 2 is 2.19 bits per heavy atom. The molecular weight excluding hydrogens is 210 g/mol. The first-order valence-corrected chi connectivity index (χ1v) is 4.94. The number of nitrogens with zero attached hydrogens (tertiary/aromatic N) is 3. The van der Waals surface area contributed by atoms with Crippen molar-refractivity contribution in [1.82, 2.24) is 14.7 Å². The predicted molar refractivity (Wildman–Crippen MR) is 57.1 cm³/mol. The van der Waals surface area contributed by atoms with E-state index < -0.39 is 5.97 Å². The minimum atomic E-state index is -1.09. The van der Waals surface area contributed by atoms with E-state index in [1.165, 1.54) is 16.9 Å². The maximum absolute atomic E-state index is 11.7. The van der Waals surface area contributed by atoms with Crippen molar-refractivity contribution in [3.63, 3.8) is 0 Å². The van der Waals surface area contributed by atoms with Crippen LogP contribution in [0, 0.1) is 0 Å². The minimum Gasteiger partial charge on any atom is -0.476 e. The van der Waals surface area contributed by atoms with Crippen LogP contribution >= 0.6 is 0 Å². The lowest BCUT2D eigenvalue weighted by Crippen LogP contribution is -2.35. The number of amides is 1. The smallest absolute Gasteiger partial charge is 0.356 e. The van der Waals surface area contributed by atoms with Gasteiger partial charge in [0.25, 0.3) is 0 Å². The lowest BCUT2D eigenvalue weighted by atomic mass is 10.3. The summed E-state index contributed by atoms with van der Waals surface area (Å²) in [6.45, 7) is 3.87. The number of likely N-dealkylation sites (N-methyl/N-ethyl adjacent to an activating group) is 1. The molecule has 1 aromatic rings. The molecular formula is C10H15N3O3. The first kappa shape index (κ1) is 12.2. The Kier molecular flexibility index (Phi) is 3.65. The van der Waals surface area contributed by atoms with Gasteiger partial charge in [0, 0.05) is 19.3 Å². The fourth-order valence-electron chi connectivity index (χ4n) is 1.10. The molecule has 1 amide bonds. The van der Waals surface area contributed by atoms with Gasteiger partial charge in [-0.15, -0.1) is 0 Å². The van der Waals surface area contributed by atoms with Crippen LogP contribution in [0.5, 0.6) is 0 Å². The quantitative estimate of drug-likeness (QED) is 0.807. The van der Waals surface area contributed by atoms with Gasteiger partial charge in [0.2, 0.25) is 5.91 Å². The van der Waals surface area contributed by atoms with Gasteiger partial charge in [0.15, 0.2) is 5.69 Å². The van der Waals surface area contributed by atoms with E-state index in [-0.39, 0.29) is 24.2 Å². The van der Waals surface area contributed by atoms with Gasteiger partial charge in [-0.1, -0.05) is 0 Å². The molecule has 0 aromatic carbocycles. The molecule has 0 aliphatic heterocycles. The van der Waals surface area contributed by atoms with E-state index in [1.807, 2.05) is 13.8 Å². The molecule has 1 N–H and O–H groups in total. The van der Waals surface area contributed by atoms with E-state index in [1.54, 1.807) is 11.9 Å². The number of rotatable bonds is 4. The number of carbonyl (C=O) groups excluding carboxylic acids is 1. The Morgan fingerprint density at radius 1 is 1.56 bits per heavy atom. The Morgan fingerprint density at radius 3 is 2.62 bits per heavy atom. The lowest BCUT2D eigenvalue weighted by molar-refractivity contribution is -0.132. The zero-order chi connectivity index (χ0) is 12.3. The number of carbonyl (C=O) groups is 2. The molecule has 0 fully saturated rings. The molecule has 0 saturated carbocycles. The third-order valence-corrected chi connectivity index (χ3v) is 2.33. The predicted octanol–water partition coefficient (Wildman–Crippen LogP) is 0.448. The summed E-state index contributed by atoms with van der Waals surface area (Å²) >= 11 is 0. The van der Waals surface area contributed by atoms with Crippen molar-refractivity contribution in [2.75, 3.05) is 7.05 Å². The van der Waals surface area contributed by atoms with Gasteiger partial charge in [-0.3, -0.25) is 9.48 Å². The molecule has 0 aliphatic carbocycles. The Balaban J connectivity index is 2.66. The summed E-state index contributed by atoms with van der Waals surface area (Å²) in [7, 11) is 1.70. The standard InChI is InChI=1S/C10H15N3O3/c1-7(2)12(3)9(14)6-13-5-4-8(11-13)10(15)16/h4-5,7H,6H2,1-3H3,(H,15,16). The summed E-state index contributed by atoms with van der Waals surface area (Å²) in [5.74, 6) is -1.20. The van der Waals surface area contributed by atoms with Crippen LogP contribution in [0.1, 0.15) is 24.3 Å². The summed E-state index contributed by atoms with van der Waals surface area (Å²) in [6.07, 6.45) is 1.48. The first-order valence-electron chi connectivity index (χ1n) is 4.94. The molecule has 0 spiro atoms. The second-order valence-electron chi connectivity index (χ2n) is 3.80. The van der Waals surface area contributed by atoms with Crippen molar-refractivity contribution in [2.45, 2.75) is 26.4 Å². The Bertz CT molecular complexity index is 398. The van der Waals surface area contributed by atoms with Crippen molar-refractivity contribution in [3.8, 4) is 0 Å². The number of carboxylic acids is 1. The highest BCUT2D eigenvalue weighted by molar-refractivity contribution is 5.85. The summed E-state index contributed by atoms with van der Waals surface area (Å²) in [4.78, 5) is 23.8. The minimum absolute atomic E-state index is 0.0556. The van der Waals surface area contributed by atoms with Crippen LogP contribution in [0.4, 0.5) is 0 Å². The molecule has 0 aliphatic rings. The van der Waals surface area contributed by atoms with Gasteiger partial charge in [-0.2, -0.15) is 5.10 Å². The Labute approximate surface area is 93.5 Å². The fraction of sp³-hybridized carbons (Fsp3) is 0.500. The van der Waals surface area contributed by atoms with Gasteiger partial charge in [0.05, 0.1) is 0 Å². The van der Waals surface area contributed by atoms with E-state index >= 15 is 0 Å². The average molecular weight is 225 g/mol.